The van der Waals surface area contributed by atoms with E-state index in [0.717, 1.165) is 18.1 Å². The maximum Gasteiger partial charge on any atom is 0.276 e. The van der Waals surface area contributed by atoms with Crippen molar-refractivity contribution in [1.82, 2.24) is 15.1 Å². The third kappa shape index (κ3) is 2.32. The van der Waals surface area contributed by atoms with Crippen molar-refractivity contribution in [1.29, 1.82) is 0 Å². The van der Waals surface area contributed by atoms with Crippen molar-refractivity contribution >= 4 is 17.6 Å². The molecule has 2 aromatic heterocycles. The molecule has 1 atom stereocenters. The van der Waals surface area contributed by atoms with E-state index in [-0.39, 0.29) is 6.10 Å². The van der Waals surface area contributed by atoms with Crippen LogP contribution in [0.3, 0.4) is 0 Å². The van der Waals surface area contributed by atoms with Crippen LogP contribution in [-0.2, 0) is 4.74 Å². The largest absolute Gasteiger partial charge is 0.384 e. The molecule has 0 amide bonds. The first-order valence-electron chi connectivity index (χ1n) is 5.59. The second-order valence-corrected chi connectivity index (χ2v) is 4.99. The molecule has 1 aliphatic heterocycles. The van der Waals surface area contributed by atoms with Crippen molar-refractivity contribution in [2.45, 2.75) is 6.10 Å². The average Bonchev–Trinajstić information content (AvgIpc) is 2.89. The van der Waals surface area contributed by atoms with E-state index in [2.05, 4.69) is 15.1 Å². The number of rotatable bonds is 2. The molecule has 0 aromatic carbocycles. The fraction of sp³-hybridized carbons (Fsp3) is 0.364. The fourth-order valence-corrected chi connectivity index (χ4v) is 2.52. The highest BCUT2D eigenvalue weighted by molar-refractivity contribution is 7.99. The van der Waals surface area contributed by atoms with Gasteiger partial charge in [0.15, 0.2) is 0 Å². The van der Waals surface area contributed by atoms with E-state index in [1.165, 1.54) is 0 Å². The van der Waals surface area contributed by atoms with Gasteiger partial charge in [-0.2, -0.15) is 16.7 Å². The molecule has 0 radical (unpaired) electrons. The van der Waals surface area contributed by atoms with E-state index in [1.807, 2.05) is 11.8 Å². The number of nitrogens with two attached hydrogens (primary N) is 1. The van der Waals surface area contributed by atoms with Crippen molar-refractivity contribution in [3.63, 3.8) is 0 Å². The first kappa shape index (κ1) is 11.5. The summed E-state index contributed by atoms with van der Waals surface area (Å²) in [5.41, 5.74) is 6.20. The van der Waals surface area contributed by atoms with Gasteiger partial charge in [-0.15, -0.1) is 0 Å². The molecule has 0 bridgehead atoms. The minimum absolute atomic E-state index is 0.0951. The lowest BCUT2D eigenvalue weighted by atomic mass is 10.3. The number of ether oxygens (including phenoxy) is 1. The van der Waals surface area contributed by atoms with Crippen LogP contribution in [0.2, 0.25) is 0 Å². The summed E-state index contributed by atoms with van der Waals surface area (Å²) in [7, 11) is 0. The monoisotopic (exact) mass is 264 g/mol. The van der Waals surface area contributed by atoms with Crippen LogP contribution < -0.4 is 5.73 Å². The Morgan fingerprint density at radius 2 is 2.28 bits per heavy atom. The Kier molecular flexibility index (Phi) is 3.16. The number of thioether (sulfide) groups is 1. The second-order valence-electron chi connectivity index (χ2n) is 3.84. The molecule has 94 valence electrons. The van der Waals surface area contributed by atoms with Crippen LogP contribution >= 0.6 is 11.8 Å². The van der Waals surface area contributed by atoms with Crippen molar-refractivity contribution < 1.29 is 9.26 Å². The van der Waals surface area contributed by atoms with Gasteiger partial charge in [0.1, 0.15) is 17.6 Å². The molecule has 6 nitrogen and oxygen atoms in total. The van der Waals surface area contributed by atoms with Crippen LogP contribution in [-0.4, -0.2) is 33.2 Å². The predicted molar refractivity (Wildman–Crippen MR) is 68.0 cm³/mol. The van der Waals surface area contributed by atoms with Crippen molar-refractivity contribution in [3.05, 3.63) is 24.0 Å². The minimum Gasteiger partial charge on any atom is -0.384 e. The Bertz CT molecular complexity index is 539. The Morgan fingerprint density at radius 1 is 1.33 bits per heavy atom. The predicted octanol–water partition coefficient (Wildman–Crippen LogP) is 1.52. The number of nitrogen functional groups attached to an aromatic ring is 1. The summed E-state index contributed by atoms with van der Waals surface area (Å²) in [6, 6.07) is 5.29. The minimum atomic E-state index is -0.0951. The highest BCUT2D eigenvalue weighted by atomic mass is 32.2. The lowest BCUT2D eigenvalue weighted by Crippen LogP contribution is -2.16. The number of aromatic nitrogens is 3. The highest BCUT2D eigenvalue weighted by Gasteiger charge is 2.22. The maximum atomic E-state index is 5.62. The number of pyridine rings is 1. The molecular weight excluding hydrogens is 252 g/mol. The summed E-state index contributed by atoms with van der Waals surface area (Å²) in [6.45, 7) is 0.718. The Morgan fingerprint density at radius 3 is 3.06 bits per heavy atom. The Hall–Kier alpha value is -1.60. The van der Waals surface area contributed by atoms with Gasteiger partial charge in [-0.05, 0) is 12.1 Å². The van der Waals surface area contributed by atoms with Crippen LogP contribution in [0, 0.1) is 0 Å². The molecule has 1 aliphatic rings. The van der Waals surface area contributed by atoms with E-state index in [4.69, 9.17) is 15.0 Å². The molecule has 7 heteroatoms. The molecule has 18 heavy (non-hydrogen) atoms. The smallest absolute Gasteiger partial charge is 0.276 e. The number of nitrogens with zero attached hydrogens (tertiary/aromatic N) is 3. The van der Waals surface area contributed by atoms with E-state index in [9.17, 15) is 0 Å². The molecule has 0 saturated carbocycles. The molecule has 2 aromatic rings. The van der Waals surface area contributed by atoms with Gasteiger partial charge in [-0.1, -0.05) is 11.2 Å². The van der Waals surface area contributed by atoms with Crippen LogP contribution in [0.4, 0.5) is 5.82 Å². The zero-order valence-electron chi connectivity index (χ0n) is 9.57. The summed E-state index contributed by atoms with van der Waals surface area (Å²) in [5, 5.41) is 3.94. The van der Waals surface area contributed by atoms with Gasteiger partial charge in [0.25, 0.3) is 5.89 Å². The summed E-state index contributed by atoms with van der Waals surface area (Å²) in [4.78, 5) is 8.45. The average molecular weight is 264 g/mol. The molecule has 0 spiro atoms. The van der Waals surface area contributed by atoms with E-state index < -0.39 is 0 Å². The van der Waals surface area contributed by atoms with Gasteiger partial charge in [0.2, 0.25) is 5.82 Å². The standard InChI is InChI=1S/C11H12N4O2S/c12-9-3-1-2-7(13-9)11-14-10(15-17-11)8-6-18-5-4-16-8/h1-3,8H,4-6H2,(H2,12,13). The first-order valence-corrected chi connectivity index (χ1v) is 6.74. The quantitative estimate of drug-likeness (QED) is 0.879. The van der Waals surface area contributed by atoms with E-state index in [0.29, 0.717) is 23.2 Å². The number of hydrogen-bond donors (Lipinski definition) is 1. The van der Waals surface area contributed by atoms with Gasteiger partial charge in [-0.25, -0.2) is 4.98 Å². The van der Waals surface area contributed by atoms with Gasteiger partial charge < -0.3 is 15.0 Å². The third-order valence-corrected chi connectivity index (χ3v) is 3.53. The van der Waals surface area contributed by atoms with Gasteiger partial charge in [0, 0.05) is 11.5 Å². The Labute approximate surface area is 108 Å². The van der Waals surface area contributed by atoms with Gasteiger partial charge in [-0.3, -0.25) is 0 Å². The normalized spacial score (nSPS) is 19.9. The fourth-order valence-electron chi connectivity index (χ4n) is 1.68. The highest BCUT2D eigenvalue weighted by Crippen LogP contribution is 2.26. The lowest BCUT2D eigenvalue weighted by Gasteiger charge is -2.18. The summed E-state index contributed by atoms with van der Waals surface area (Å²) >= 11 is 1.82. The molecule has 0 aliphatic carbocycles. The van der Waals surface area contributed by atoms with E-state index >= 15 is 0 Å². The number of anilines is 1. The van der Waals surface area contributed by atoms with Crippen LogP contribution in [0.1, 0.15) is 11.9 Å². The molecular formula is C11H12N4O2S. The molecule has 2 N–H and O–H groups in total. The third-order valence-electron chi connectivity index (χ3n) is 2.54. The maximum absolute atomic E-state index is 5.62. The van der Waals surface area contributed by atoms with Crippen LogP contribution in [0.25, 0.3) is 11.6 Å². The van der Waals surface area contributed by atoms with Crippen LogP contribution in [0.15, 0.2) is 22.7 Å². The lowest BCUT2D eigenvalue weighted by molar-refractivity contribution is 0.0677. The molecule has 3 rings (SSSR count). The Balaban J connectivity index is 1.84. The van der Waals surface area contributed by atoms with Crippen LogP contribution in [0.5, 0.6) is 0 Å². The van der Waals surface area contributed by atoms with Gasteiger partial charge >= 0.3 is 0 Å². The zero-order valence-corrected chi connectivity index (χ0v) is 10.4. The van der Waals surface area contributed by atoms with Crippen molar-refractivity contribution in [2.24, 2.45) is 0 Å². The SMILES string of the molecule is Nc1cccc(-c2nc(C3CSCCO3)no2)n1. The van der Waals surface area contributed by atoms with Crippen molar-refractivity contribution in [3.8, 4) is 11.6 Å². The topological polar surface area (TPSA) is 87.1 Å². The van der Waals surface area contributed by atoms with Crippen molar-refractivity contribution in [2.75, 3.05) is 23.8 Å². The second kappa shape index (κ2) is 4.95. The summed E-state index contributed by atoms with van der Waals surface area (Å²) in [6.07, 6.45) is -0.0951. The zero-order chi connectivity index (χ0) is 12.4. The molecule has 1 saturated heterocycles. The summed E-state index contributed by atoms with van der Waals surface area (Å²) in [5.74, 6) is 3.23. The first-order chi connectivity index (χ1) is 8.83. The van der Waals surface area contributed by atoms with E-state index in [1.54, 1.807) is 18.2 Å². The van der Waals surface area contributed by atoms with Gasteiger partial charge in [0.05, 0.1) is 6.61 Å². The molecule has 3 heterocycles. The summed E-state index contributed by atoms with van der Waals surface area (Å²) < 4.78 is 10.8. The number of hydrogen-bond acceptors (Lipinski definition) is 7. The molecule has 1 fully saturated rings. The molecule has 1 unspecified atom stereocenters.